The van der Waals surface area contributed by atoms with Crippen molar-refractivity contribution in [3.05, 3.63) is 78.4 Å². The zero-order chi connectivity index (χ0) is 15.9. The van der Waals surface area contributed by atoms with Crippen LogP contribution in [0, 0.1) is 0 Å². The van der Waals surface area contributed by atoms with Gasteiger partial charge in [0, 0.05) is 18.5 Å². The molecule has 0 aliphatic rings. The van der Waals surface area contributed by atoms with Gasteiger partial charge in [0.15, 0.2) is 0 Å². The van der Waals surface area contributed by atoms with Gasteiger partial charge in [-0.3, -0.25) is 0 Å². The summed E-state index contributed by atoms with van der Waals surface area (Å²) in [7, 11) is 0. The van der Waals surface area contributed by atoms with Crippen molar-refractivity contribution in [1.29, 1.82) is 0 Å². The molecule has 0 saturated heterocycles. The lowest BCUT2D eigenvalue weighted by Gasteiger charge is -2.14. The molecule has 0 fully saturated rings. The van der Waals surface area contributed by atoms with Gasteiger partial charge < -0.3 is 15.2 Å². The van der Waals surface area contributed by atoms with Gasteiger partial charge in [-0.05, 0) is 17.0 Å². The van der Waals surface area contributed by atoms with Crippen LogP contribution in [-0.4, -0.2) is 24.4 Å². The first-order chi connectivity index (χ1) is 11.3. The highest BCUT2D eigenvalue weighted by atomic mass is 16.5. The first kappa shape index (κ1) is 15.5. The molecular weight excluding hydrogens is 286 g/mol. The van der Waals surface area contributed by atoms with E-state index >= 15 is 0 Å². The molecule has 0 bridgehead atoms. The van der Waals surface area contributed by atoms with E-state index in [0.717, 1.165) is 23.1 Å². The topological polar surface area (TPSA) is 41.5 Å². The second-order valence-electron chi connectivity index (χ2n) is 5.56. The van der Waals surface area contributed by atoms with Crippen molar-refractivity contribution in [2.75, 3.05) is 13.2 Å². The molecule has 1 atom stereocenters. The van der Waals surface area contributed by atoms with E-state index in [0.29, 0.717) is 6.54 Å². The van der Waals surface area contributed by atoms with Crippen LogP contribution in [0.3, 0.4) is 0 Å². The number of aliphatic hydroxyl groups excluding tert-OH is 1. The average Bonchev–Trinajstić information content (AvgIpc) is 2.61. The molecule has 118 valence electrons. The third-order valence-electron chi connectivity index (χ3n) is 3.73. The van der Waals surface area contributed by atoms with E-state index in [1.54, 1.807) is 0 Å². The summed E-state index contributed by atoms with van der Waals surface area (Å²) in [6.07, 6.45) is -0.544. The summed E-state index contributed by atoms with van der Waals surface area (Å²) in [5, 5.41) is 15.5. The molecule has 3 nitrogen and oxygen atoms in total. The predicted octanol–water partition coefficient (Wildman–Crippen LogP) is 3.37. The zero-order valence-electron chi connectivity index (χ0n) is 13.0. The van der Waals surface area contributed by atoms with E-state index in [9.17, 15) is 5.11 Å². The number of nitrogens with one attached hydrogen (secondary N) is 1. The lowest BCUT2D eigenvalue weighted by atomic mass is 10.1. The van der Waals surface area contributed by atoms with Crippen molar-refractivity contribution >= 4 is 10.8 Å². The smallest absolute Gasteiger partial charge is 0.127 e. The van der Waals surface area contributed by atoms with E-state index in [1.807, 2.05) is 48.5 Å². The number of rotatable bonds is 7. The molecule has 0 amide bonds. The molecule has 0 aliphatic heterocycles. The Morgan fingerprint density at radius 3 is 2.48 bits per heavy atom. The van der Waals surface area contributed by atoms with Crippen LogP contribution in [0.15, 0.2) is 72.8 Å². The van der Waals surface area contributed by atoms with E-state index in [2.05, 4.69) is 29.6 Å². The first-order valence-corrected chi connectivity index (χ1v) is 7.86. The predicted molar refractivity (Wildman–Crippen MR) is 93.6 cm³/mol. The Hall–Kier alpha value is -2.36. The van der Waals surface area contributed by atoms with E-state index in [1.165, 1.54) is 5.56 Å². The van der Waals surface area contributed by atoms with Gasteiger partial charge in [-0.25, -0.2) is 0 Å². The van der Waals surface area contributed by atoms with Gasteiger partial charge in [-0.2, -0.15) is 0 Å². The second kappa shape index (κ2) is 7.77. The van der Waals surface area contributed by atoms with Gasteiger partial charge in [0.05, 0.1) is 0 Å². The highest BCUT2D eigenvalue weighted by Gasteiger charge is 2.07. The summed E-state index contributed by atoms with van der Waals surface area (Å²) in [6.45, 7) is 1.52. The normalized spacial score (nSPS) is 12.2. The number of aliphatic hydroxyl groups is 1. The van der Waals surface area contributed by atoms with Crippen LogP contribution in [0.4, 0.5) is 0 Å². The summed E-state index contributed by atoms with van der Waals surface area (Å²) in [5.41, 5.74) is 1.20. The Morgan fingerprint density at radius 2 is 1.61 bits per heavy atom. The molecule has 3 rings (SSSR count). The SMILES string of the molecule is O[C@@H](CNCc1ccccc1)COc1cccc2ccccc12. The fourth-order valence-electron chi connectivity index (χ4n) is 2.55. The molecule has 0 heterocycles. The van der Waals surface area contributed by atoms with Gasteiger partial charge in [0.25, 0.3) is 0 Å². The van der Waals surface area contributed by atoms with E-state index in [4.69, 9.17) is 4.74 Å². The summed E-state index contributed by atoms with van der Waals surface area (Å²) in [5.74, 6) is 0.810. The van der Waals surface area contributed by atoms with Crippen molar-refractivity contribution < 1.29 is 9.84 Å². The lowest BCUT2D eigenvalue weighted by molar-refractivity contribution is 0.107. The minimum absolute atomic E-state index is 0.274. The Bertz CT molecular complexity index is 737. The fraction of sp³-hybridized carbons (Fsp3) is 0.200. The third kappa shape index (κ3) is 4.31. The molecular formula is C20H21NO2. The van der Waals surface area contributed by atoms with Crippen molar-refractivity contribution in [1.82, 2.24) is 5.32 Å². The van der Waals surface area contributed by atoms with Crippen LogP contribution < -0.4 is 10.1 Å². The largest absolute Gasteiger partial charge is 0.490 e. The van der Waals surface area contributed by atoms with Crippen LogP contribution in [0.25, 0.3) is 10.8 Å². The molecule has 3 heteroatoms. The van der Waals surface area contributed by atoms with Crippen LogP contribution in [0.1, 0.15) is 5.56 Å². The summed E-state index contributed by atoms with van der Waals surface area (Å²) >= 11 is 0. The van der Waals surface area contributed by atoms with Crippen LogP contribution in [0.5, 0.6) is 5.75 Å². The molecule has 3 aromatic carbocycles. The maximum absolute atomic E-state index is 10.1. The number of ether oxygens (including phenoxy) is 1. The number of fused-ring (bicyclic) bond motifs is 1. The lowest BCUT2D eigenvalue weighted by Crippen LogP contribution is -2.31. The first-order valence-electron chi connectivity index (χ1n) is 7.86. The maximum Gasteiger partial charge on any atom is 0.127 e. The fourth-order valence-corrected chi connectivity index (χ4v) is 2.55. The van der Waals surface area contributed by atoms with Crippen LogP contribution >= 0.6 is 0 Å². The second-order valence-corrected chi connectivity index (χ2v) is 5.56. The van der Waals surface area contributed by atoms with Crippen molar-refractivity contribution in [3.63, 3.8) is 0 Å². The van der Waals surface area contributed by atoms with Crippen molar-refractivity contribution in [3.8, 4) is 5.75 Å². The quantitative estimate of drug-likeness (QED) is 0.703. The Morgan fingerprint density at radius 1 is 0.870 bits per heavy atom. The zero-order valence-corrected chi connectivity index (χ0v) is 13.0. The van der Waals surface area contributed by atoms with Crippen molar-refractivity contribution in [2.24, 2.45) is 0 Å². The molecule has 0 saturated carbocycles. The highest BCUT2D eigenvalue weighted by Crippen LogP contribution is 2.25. The molecule has 23 heavy (non-hydrogen) atoms. The average molecular weight is 307 g/mol. The van der Waals surface area contributed by atoms with Crippen LogP contribution in [-0.2, 0) is 6.54 Å². The molecule has 0 radical (unpaired) electrons. The van der Waals surface area contributed by atoms with Gasteiger partial charge >= 0.3 is 0 Å². The molecule has 3 aromatic rings. The highest BCUT2D eigenvalue weighted by molar-refractivity contribution is 5.88. The van der Waals surface area contributed by atoms with E-state index < -0.39 is 6.10 Å². The maximum atomic E-state index is 10.1. The Balaban J connectivity index is 1.49. The monoisotopic (exact) mass is 307 g/mol. The summed E-state index contributed by atoms with van der Waals surface area (Å²) < 4.78 is 5.79. The molecule has 0 unspecified atom stereocenters. The summed E-state index contributed by atoms with van der Waals surface area (Å²) in [4.78, 5) is 0. The summed E-state index contributed by atoms with van der Waals surface area (Å²) in [6, 6.07) is 24.2. The standard InChI is InChI=1S/C20H21NO2/c22-18(14-21-13-16-7-2-1-3-8-16)15-23-20-12-6-10-17-9-4-5-11-19(17)20/h1-12,18,21-22H,13-15H2/t18-/m0/s1. The number of benzene rings is 3. The molecule has 2 N–H and O–H groups in total. The van der Waals surface area contributed by atoms with Crippen LogP contribution in [0.2, 0.25) is 0 Å². The molecule has 0 spiro atoms. The van der Waals surface area contributed by atoms with Gasteiger partial charge in [0.1, 0.15) is 18.5 Å². The number of hydrogen-bond acceptors (Lipinski definition) is 3. The Labute approximate surface area is 136 Å². The van der Waals surface area contributed by atoms with Gasteiger partial charge in [0.2, 0.25) is 0 Å². The third-order valence-corrected chi connectivity index (χ3v) is 3.73. The minimum Gasteiger partial charge on any atom is -0.490 e. The molecule has 0 aromatic heterocycles. The van der Waals surface area contributed by atoms with Gasteiger partial charge in [-0.1, -0.05) is 66.7 Å². The van der Waals surface area contributed by atoms with Crippen molar-refractivity contribution in [2.45, 2.75) is 12.6 Å². The van der Waals surface area contributed by atoms with E-state index in [-0.39, 0.29) is 6.61 Å². The Kier molecular flexibility index (Phi) is 5.25. The number of hydrogen-bond donors (Lipinski definition) is 2. The molecule has 0 aliphatic carbocycles. The minimum atomic E-state index is -0.544. The van der Waals surface area contributed by atoms with Gasteiger partial charge in [-0.15, -0.1) is 0 Å².